The van der Waals surface area contributed by atoms with Gasteiger partial charge in [-0.15, -0.1) is 0 Å². The third-order valence-corrected chi connectivity index (χ3v) is 4.14. The molecular weight excluding hydrogens is 342 g/mol. The number of nitrogens with zero attached hydrogens (tertiary/aromatic N) is 1. The number of likely N-dealkylation sites (tertiary alicyclic amines) is 1. The molecule has 2 aromatic carbocycles. The van der Waals surface area contributed by atoms with Crippen LogP contribution in [-0.2, 0) is 4.74 Å². The van der Waals surface area contributed by atoms with Crippen molar-refractivity contribution >= 4 is 17.7 Å². The van der Waals surface area contributed by atoms with E-state index >= 15 is 0 Å². The van der Waals surface area contributed by atoms with Crippen molar-refractivity contribution in [3.8, 4) is 0 Å². The minimum Gasteiger partial charge on any atom is -0.444 e. The maximum Gasteiger partial charge on any atom is 0.412 e. The largest absolute Gasteiger partial charge is 0.444 e. The summed E-state index contributed by atoms with van der Waals surface area (Å²) in [4.78, 5) is 26.0. The van der Waals surface area contributed by atoms with Gasteiger partial charge in [0.15, 0.2) is 0 Å². The molecule has 1 atom stereocenters. The molecule has 5 nitrogen and oxygen atoms in total. The van der Waals surface area contributed by atoms with E-state index in [1.54, 1.807) is 11.0 Å². The molecule has 0 bridgehead atoms. The van der Waals surface area contributed by atoms with E-state index < -0.39 is 23.8 Å². The fourth-order valence-electron chi connectivity index (χ4n) is 2.85. The first-order valence-corrected chi connectivity index (χ1v) is 8.30. The summed E-state index contributed by atoms with van der Waals surface area (Å²) in [6, 6.07) is 11.1. The van der Waals surface area contributed by atoms with Crippen LogP contribution in [0, 0.1) is 11.6 Å². The molecule has 0 aliphatic carbocycles. The highest BCUT2D eigenvalue weighted by molar-refractivity contribution is 5.94. The van der Waals surface area contributed by atoms with Gasteiger partial charge in [0, 0.05) is 12.1 Å². The Morgan fingerprint density at radius 1 is 1.08 bits per heavy atom. The summed E-state index contributed by atoms with van der Waals surface area (Å²) < 4.78 is 31.9. The number of amides is 2. The van der Waals surface area contributed by atoms with Crippen LogP contribution in [0.25, 0.3) is 0 Å². The monoisotopic (exact) mass is 360 g/mol. The van der Waals surface area contributed by atoms with Crippen LogP contribution < -0.4 is 5.32 Å². The smallest absolute Gasteiger partial charge is 0.412 e. The lowest BCUT2D eigenvalue weighted by atomic mass is 10.1. The molecule has 0 radical (unpaired) electrons. The number of anilines is 1. The number of carbonyl (C=O) groups excluding carboxylic acids is 2. The quantitative estimate of drug-likeness (QED) is 0.905. The topological polar surface area (TPSA) is 58.6 Å². The average Bonchev–Trinajstić information content (AvgIpc) is 2.64. The Bertz CT molecular complexity index is 796. The van der Waals surface area contributed by atoms with E-state index in [4.69, 9.17) is 4.74 Å². The summed E-state index contributed by atoms with van der Waals surface area (Å²) >= 11 is 0. The Kier molecular flexibility index (Phi) is 5.46. The van der Waals surface area contributed by atoms with Crippen molar-refractivity contribution in [2.24, 2.45) is 0 Å². The predicted molar refractivity (Wildman–Crippen MR) is 91.8 cm³/mol. The molecule has 0 aromatic heterocycles. The highest BCUT2D eigenvalue weighted by Crippen LogP contribution is 2.18. The number of hydrogen-bond acceptors (Lipinski definition) is 3. The Morgan fingerprint density at radius 2 is 1.81 bits per heavy atom. The third kappa shape index (κ3) is 4.36. The number of rotatable bonds is 3. The van der Waals surface area contributed by atoms with E-state index in [1.807, 2.05) is 0 Å². The van der Waals surface area contributed by atoms with E-state index in [2.05, 4.69) is 5.32 Å². The van der Waals surface area contributed by atoms with E-state index in [9.17, 15) is 18.4 Å². The van der Waals surface area contributed by atoms with Gasteiger partial charge in [-0.05, 0) is 49.2 Å². The van der Waals surface area contributed by atoms with Crippen LogP contribution in [0.15, 0.2) is 48.5 Å². The number of nitrogens with one attached hydrogen (secondary N) is 1. The van der Waals surface area contributed by atoms with E-state index in [0.29, 0.717) is 24.9 Å². The average molecular weight is 360 g/mol. The maximum absolute atomic E-state index is 13.6. The number of benzene rings is 2. The second kappa shape index (κ2) is 7.95. The normalized spacial score (nSPS) is 16.8. The van der Waals surface area contributed by atoms with Crippen LogP contribution in [-0.4, -0.2) is 36.1 Å². The molecule has 1 aliphatic rings. The zero-order valence-electron chi connectivity index (χ0n) is 14.0. The fourth-order valence-corrected chi connectivity index (χ4v) is 2.85. The van der Waals surface area contributed by atoms with Gasteiger partial charge < -0.3 is 9.64 Å². The van der Waals surface area contributed by atoms with Gasteiger partial charge in [-0.2, -0.15) is 0 Å². The van der Waals surface area contributed by atoms with Crippen molar-refractivity contribution in [3.63, 3.8) is 0 Å². The van der Waals surface area contributed by atoms with Crippen molar-refractivity contribution in [2.45, 2.75) is 18.9 Å². The Hall–Kier alpha value is -2.96. The first-order valence-electron chi connectivity index (χ1n) is 8.30. The van der Waals surface area contributed by atoms with Gasteiger partial charge in [0.2, 0.25) is 0 Å². The van der Waals surface area contributed by atoms with Crippen LogP contribution in [0.3, 0.4) is 0 Å². The van der Waals surface area contributed by atoms with Gasteiger partial charge in [0.25, 0.3) is 5.91 Å². The lowest BCUT2D eigenvalue weighted by Gasteiger charge is -2.32. The Labute approximate surface area is 149 Å². The lowest BCUT2D eigenvalue weighted by molar-refractivity contribution is 0.0387. The molecule has 1 heterocycles. The Morgan fingerprint density at radius 3 is 2.54 bits per heavy atom. The molecule has 0 saturated carbocycles. The predicted octanol–water partition coefficient (Wildman–Crippen LogP) is 3.82. The first-order chi connectivity index (χ1) is 12.5. The van der Waals surface area contributed by atoms with Gasteiger partial charge in [-0.25, -0.2) is 13.6 Å². The molecule has 2 aromatic rings. The third-order valence-electron chi connectivity index (χ3n) is 4.14. The van der Waals surface area contributed by atoms with Gasteiger partial charge in [0.1, 0.15) is 17.7 Å². The second-order valence-electron chi connectivity index (χ2n) is 6.03. The van der Waals surface area contributed by atoms with Crippen molar-refractivity contribution in [3.05, 3.63) is 65.7 Å². The summed E-state index contributed by atoms with van der Waals surface area (Å²) in [6.45, 7) is 0.770. The molecule has 2 amide bonds. The summed E-state index contributed by atoms with van der Waals surface area (Å²) in [6.07, 6.45) is 0.0266. The van der Waals surface area contributed by atoms with Crippen molar-refractivity contribution in [2.75, 3.05) is 18.4 Å². The summed E-state index contributed by atoms with van der Waals surface area (Å²) in [5.74, 6) is -1.21. The minimum absolute atomic E-state index is 0.0348. The zero-order chi connectivity index (χ0) is 18.5. The fraction of sp³-hybridized carbons (Fsp3) is 0.263. The molecule has 1 fully saturated rings. The van der Waals surface area contributed by atoms with Crippen molar-refractivity contribution < 1.29 is 23.1 Å². The molecular formula is C19H18F2N2O3. The van der Waals surface area contributed by atoms with E-state index in [1.165, 1.54) is 42.5 Å². The number of halogens is 2. The highest BCUT2D eigenvalue weighted by atomic mass is 19.1. The van der Waals surface area contributed by atoms with Crippen LogP contribution in [0.1, 0.15) is 23.2 Å². The second-order valence-corrected chi connectivity index (χ2v) is 6.03. The standard InChI is InChI=1S/C19H18F2N2O3/c20-14-9-7-13(8-10-14)18(24)23-11-3-4-15(12-23)26-19(25)22-17-6-2-1-5-16(17)21/h1-2,5-10,15H,3-4,11-12H2,(H,22,25). The number of hydrogen-bond donors (Lipinski definition) is 1. The molecule has 1 aliphatic heterocycles. The molecule has 3 rings (SSSR count). The van der Waals surface area contributed by atoms with Crippen LogP contribution >= 0.6 is 0 Å². The molecule has 0 spiro atoms. The van der Waals surface area contributed by atoms with Crippen LogP contribution in [0.2, 0.25) is 0 Å². The van der Waals surface area contributed by atoms with Gasteiger partial charge in [0.05, 0.1) is 12.2 Å². The highest BCUT2D eigenvalue weighted by Gasteiger charge is 2.27. The molecule has 1 unspecified atom stereocenters. The van der Waals surface area contributed by atoms with Gasteiger partial charge in [-0.3, -0.25) is 10.1 Å². The first kappa shape index (κ1) is 17.8. The molecule has 1 N–H and O–H groups in total. The summed E-state index contributed by atoms with van der Waals surface area (Å²) in [5.41, 5.74) is 0.412. The SMILES string of the molecule is O=C(Nc1ccccc1F)OC1CCCN(C(=O)c2ccc(F)cc2)C1. The van der Waals surface area contributed by atoms with Gasteiger partial charge in [-0.1, -0.05) is 12.1 Å². The lowest BCUT2D eigenvalue weighted by Crippen LogP contribution is -2.44. The molecule has 1 saturated heterocycles. The minimum atomic E-state index is -0.767. The Balaban J connectivity index is 1.58. The molecule has 136 valence electrons. The zero-order valence-corrected chi connectivity index (χ0v) is 14.0. The van der Waals surface area contributed by atoms with Gasteiger partial charge >= 0.3 is 6.09 Å². The molecule has 26 heavy (non-hydrogen) atoms. The maximum atomic E-state index is 13.6. The van der Waals surface area contributed by atoms with E-state index in [0.717, 1.165) is 0 Å². The number of para-hydroxylation sites is 1. The summed E-state index contributed by atoms with van der Waals surface area (Å²) in [7, 11) is 0. The summed E-state index contributed by atoms with van der Waals surface area (Å²) in [5, 5.41) is 2.36. The van der Waals surface area contributed by atoms with Crippen molar-refractivity contribution in [1.82, 2.24) is 4.90 Å². The number of carbonyl (C=O) groups is 2. The number of ether oxygens (including phenoxy) is 1. The van der Waals surface area contributed by atoms with Crippen molar-refractivity contribution in [1.29, 1.82) is 0 Å². The van der Waals surface area contributed by atoms with E-state index in [-0.39, 0.29) is 18.1 Å². The number of piperidine rings is 1. The molecule has 7 heteroatoms. The van der Waals surface area contributed by atoms with Crippen LogP contribution in [0.5, 0.6) is 0 Å². The van der Waals surface area contributed by atoms with Crippen LogP contribution in [0.4, 0.5) is 19.3 Å².